The zero-order valence-corrected chi connectivity index (χ0v) is 15.7. The van der Waals surface area contributed by atoms with E-state index in [1.807, 2.05) is 0 Å². The third-order valence-corrected chi connectivity index (χ3v) is 6.94. The molecular weight excluding hydrogens is 368 g/mol. The molecule has 9 heteroatoms. The Bertz CT molecular complexity index is 986. The topological polar surface area (TPSA) is 92.6 Å². The van der Waals surface area contributed by atoms with Crippen LogP contribution >= 0.6 is 0 Å². The van der Waals surface area contributed by atoms with Crippen LogP contribution in [0.4, 0.5) is 0 Å². The van der Waals surface area contributed by atoms with Gasteiger partial charge in [0.15, 0.2) is 9.84 Å². The van der Waals surface area contributed by atoms with Crippen LogP contribution in [0.5, 0.6) is 0 Å². The van der Waals surface area contributed by atoms with Gasteiger partial charge in [0.25, 0.3) is 11.8 Å². The van der Waals surface area contributed by atoms with Crippen LogP contribution in [0.25, 0.3) is 0 Å². The molecule has 2 amide bonds. The smallest absolute Gasteiger partial charge is 0.272 e. The van der Waals surface area contributed by atoms with E-state index >= 15 is 0 Å². The summed E-state index contributed by atoms with van der Waals surface area (Å²) in [4.78, 5) is 33.1. The summed E-state index contributed by atoms with van der Waals surface area (Å²) in [6.07, 6.45) is 3.31. The number of fused-ring (bicyclic) bond motifs is 1. The first-order valence-electron chi connectivity index (χ1n) is 8.72. The molecular formula is C18H20N4O4S. The van der Waals surface area contributed by atoms with E-state index in [1.165, 1.54) is 6.20 Å². The fourth-order valence-electron chi connectivity index (χ4n) is 3.92. The van der Waals surface area contributed by atoms with Crippen LogP contribution in [-0.2, 0) is 16.9 Å². The standard InChI is InChI=1S/C18H20N4O4S/c1-20-8-4-6-14(20)18(24)22-10-9-21(15-11-27(25,26)12-16(15)22)17(23)13-5-2-3-7-19-13/h2-8,15-16H,9-12H2,1H3. The molecule has 2 atom stereocenters. The summed E-state index contributed by atoms with van der Waals surface area (Å²) < 4.78 is 26.4. The lowest BCUT2D eigenvalue weighted by atomic mass is 10.0. The minimum Gasteiger partial charge on any atom is -0.347 e. The molecule has 2 fully saturated rings. The summed E-state index contributed by atoms with van der Waals surface area (Å²) in [5.74, 6) is -0.763. The number of aromatic nitrogens is 2. The average Bonchev–Trinajstić information content (AvgIpc) is 3.22. The van der Waals surface area contributed by atoms with Crippen molar-refractivity contribution in [2.24, 2.45) is 7.05 Å². The molecule has 4 heterocycles. The van der Waals surface area contributed by atoms with Crippen LogP contribution in [-0.4, -0.2) is 76.3 Å². The molecule has 27 heavy (non-hydrogen) atoms. The minimum absolute atomic E-state index is 0.125. The number of rotatable bonds is 2. The molecule has 2 aliphatic rings. The van der Waals surface area contributed by atoms with Gasteiger partial charge in [-0.1, -0.05) is 6.07 Å². The Balaban J connectivity index is 1.65. The summed E-state index contributed by atoms with van der Waals surface area (Å²) in [7, 11) is -1.56. The van der Waals surface area contributed by atoms with Crippen molar-refractivity contribution < 1.29 is 18.0 Å². The summed E-state index contributed by atoms with van der Waals surface area (Å²) >= 11 is 0. The van der Waals surface area contributed by atoms with Gasteiger partial charge in [0.05, 0.1) is 23.6 Å². The van der Waals surface area contributed by atoms with Gasteiger partial charge in [-0.3, -0.25) is 14.6 Å². The summed E-state index contributed by atoms with van der Waals surface area (Å²) in [5.41, 5.74) is 0.783. The van der Waals surface area contributed by atoms with Crippen molar-refractivity contribution in [3.05, 3.63) is 54.1 Å². The van der Waals surface area contributed by atoms with Crippen LogP contribution < -0.4 is 0 Å². The summed E-state index contributed by atoms with van der Waals surface area (Å²) in [6.45, 7) is 0.571. The van der Waals surface area contributed by atoms with Crippen molar-refractivity contribution in [3.8, 4) is 0 Å². The quantitative estimate of drug-likeness (QED) is 0.732. The van der Waals surface area contributed by atoms with Crippen molar-refractivity contribution in [2.75, 3.05) is 24.6 Å². The summed E-state index contributed by atoms with van der Waals surface area (Å²) in [5, 5.41) is 0. The largest absolute Gasteiger partial charge is 0.347 e. The molecule has 0 spiro atoms. The predicted octanol–water partition coefficient (Wildman–Crippen LogP) is 0.184. The van der Waals surface area contributed by atoms with Crippen LogP contribution in [0.15, 0.2) is 42.7 Å². The van der Waals surface area contributed by atoms with Gasteiger partial charge in [0.1, 0.15) is 11.4 Å². The van der Waals surface area contributed by atoms with Crippen molar-refractivity contribution in [3.63, 3.8) is 0 Å². The monoisotopic (exact) mass is 388 g/mol. The highest BCUT2D eigenvalue weighted by atomic mass is 32.2. The highest BCUT2D eigenvalue weighted by Crippen LogP contribution is 2.29. The maximum Gasteiger partial charge on any atom is 0.272 e. The van der Waals surface area contributed by atoms with E-state index in [2.05, 4.69) is 4.98 Å². The van der Waals surface area contributed by atoms with Gasteiger partial charge >= 0.3 is 0 Å². The maximum absolute atomic E-state index is 13.0. The van der Waals surface area contributed by atoms with E-state index in [4.69, 9.17) is 0 Å². The number of piperazine rings is 1. The van der Waals surface area contributed by atoms with Crippen molar-refractivity contribution >= 4 is 21.7 Å². The average molecular weight is 388 g/mol. The molecule has 2 saturated heterocycles. The van der Waals surface area contributed by atoms with E-state index in [-0.39, 0.29) is 35.6 Å². The molecule has 0 N–H and O–H groups in total. The van der Waals surface area contributed by atoms with Crippen LogP contribution in [0, 0.1) is 0 Å². The number of carbonyl (C=O) groups is 2. The van der Waals surface area contributed by atoms with Gasteiger partial charge in [-0.05, 0) is 24.3 Å². The second-order valence-electron chi connectivity index (χ2n) is 6.93. The number of nitrogens with zero attached hydrogens (tertiary/aromatic N) is 4. The zero-order valence-electron chi connectivity index (χ0n) is 14.9. The van der Waals surface area contributed by atoms with Crippen molar-refractivity contribution in [2.45, 2.75) is 12.1 Å². The Morgan fingerprint density at radius 3 is 2.22 bits per heavy atom. The number of aryl methyl sites for hydroxylation is 1. The highest BCUT2D eigenvalue weighted by molar-refractivity contribution is 7.91. The molecule has 0 aromatic carbocycles. The van der Waals surface area contributed by atoms with Crippen LogP contribution in [0.1, 0.15) is 21.0 Å². The number of sulfone groups is 1. The van der Waals surface area contributed by atoms with Crippen molar-refractivity contribution in [1.29, 1.82) is 0 Å². The highest BCUT2D eigenvalue weighted by Gasteiger charge is 2.50. The predicted molar refractivity (Wildman–Crippen MR) is 98.0 cm³/mol. The Morgan fingerprint density at radius 1 is 1.00 bits per heavy atom. The lowest BCUT2D eigenvalue weighted by Gasteiger charge is -2.43. The molecule has 0 saturated carbocycles. The third kappa shape index (κ3) is 3.12. The van der Waals surface area contributed by atoms with Gasteiger partial charge < -0.3 is 14.4 Å². The first-order chi connectivity index (χ1) is 12.9. The van der Waals surface area contributed by atoms with Gasteiger partial charge in [-0.15, -0.1) is 0 Å². The first kappa shape index (κ1) is 17.7. The fraction of sp³-hybridized carbons (Fsp3) is 0.389. The lowest BCUT2D eigenvalue weighted by molar-refractivity contribution is 0.0273. The van der Waals surface area contributed by atoms with Crippen molar-refractivity contribution in [1.82, 2.24) is 19.4 Å². The molecule has 0 aliphatic carbocycles. The molecule has 142 valence electrons. The molecule has 2 aliphatic heterocycles. The van der Waals surface area contributed by atoms with E-state index < -0.39 is 21.9 Å². The third-order valence-electron chi connectivity index (χ3n) is 5.24. The maximum atomic E-state index is 13.0. The van der Waals surface area contributed by atoms with Crippen LogP contribution in [0.3, 0.4) is 0 Å². The van der Waals surface area contributed by atoms with Gasteiger partial charge in [-0.2, -0.15) is 0 Å². The van der Waals surface area contributed by atoms with Gasteiger partial charge in [-0.25, -0.2) is 8.42 Å². The van der Waals surface area contributed by atoms with Crippen LogP contribution in [0.2, 0.25) is 0 Å². The number of carbonyl (C=O) groups excluding carboxylic acids is 2. The second kappa shape index (κ2) is 6.49. The van der Waals surface area contributed by atoms with E-state index in [0.717, 1.165) is 0 Å². The number of hydrogen-bond donors (Lipinski definition) is 0. The molecule has 0 radical (unpaired) electrons. The second-order valence-corrected chi connectivity index (χ2v) is 9.08. The van der Waals surface area contributed by atoms with Gasteiger partial charge in [0.2, 0.25) is 0 Å². The molecule has 0 bridgehead atoms. The molecule has 2 unspecified atom stereocenters. The SMILES string of the molecule is Cn1cccc1C(=O)N1CCN(C(=O)c2ccccn2)C2CS(=O)(=O)CC21. The van der Waals surface area contributed by atoms with E-state index in [0.29, 0.717) is 12.2 Å². The zero-order chi connectivity index (χ0) is 19.2. The lowest BCUT2D eigenvalue weighted by Crippen LogP contribution is -2.62. The Hall–Kier alpha value is -2.68. The number of pyridine rings is 1. The molecule has 2 aromatic heterocycles. The first-order valence-corrected chi connectivity index (χ1v) is 10.5. The normalized spacial score (nSPS) is 23.9. The fourth-order valence-corrected chi connectivity index (χ4v) is 5.91. The minimum atomic E-state index is -3.34. The number of amides is 2. The Morgan fingerprint density at radius 2 is 1.67 bits per heavy atom. The molecule has 4 rings (SSSR count). The molecule has 8 nitrogen and oxygen atoms in total. The van der Waals surface area contributed by atoms with E-state index in [9.17, 15) is 18.0 Å². The van der Waals surface area contributed by atoms with E-state index in [1.54, 1.807) is 57.9 Å². The molecule has 2 aromatic rings. The summed E-state index contributed by atoms with van der Waals surface area (Å²) in [6, 6.07) is 7.45. The Kier molecular flexibility index (Phi) is 4.26. The van der Waals surface area contributed by atoms with Gasteiger partial charge in [0, 0.05) is 32.5 Å². The Labute approximate surface area is 157 Å². The number of hydrogen-bond acceptors (Lipinski definition) is 5.